The fourth-order valence-electron chi connectivity index (χ4n) is 3.00. The summed E-state index contributed by atoms with van der Waals surface area (Å²) in [5.41, 5.74) is 5.41. The van der Waals surface area contributed by atoms with E-state index in [4.69, 9.17) is 0 Å². The maximum absolute atomic E-state index is 13.6. The molecular weight excluding hydrogens is 301 g/mol. The second-order valence-electron chi connectivity index (χ2n) is 5.93. The van der Waals surface area contributed by atoms with Crippen LogP contribution in [0, 0.1) is 12.7 Å². The lowest BCUT2D eigenvalue weighted by Crippen LogP contribution is -1.93. The molecule has 0 aliphatic carbocycles. The molecule has 4 heteroatoms. The predicted octanol–water partition coefficient (Wildman–Crippen LogP) is 4.75. The monoisotopic (exact) mass is 317 g/mol. The van der Waals surface area contributed by atoms with Crippen LogP contribution in [0.25, 0.3) is 33.4 Å². The molecule has 0 unspecified atom stereocenters. The maximum Gasteiger partial charge on any atom is 0.126 e. The molecule has 0 saturated carbocycles. The Morgan fingerprint density at radius 3 is 2.62 bits per heavy atom. The van der Waals surface area contributed by atoms with Crippen molar-refractivity contribution in [1.29, 1.82) is 0 Å². The third kappa shape index (κ3) is 2.36. The van der Waals surface area contributed by atoms with E-state index < -0.39 is 0 Å². The molecule has 0 amide bonds. The number of nitrogens with zero attached hydrogens (tertiary/aromatic N) is 3. The Kier molecular flexibility index (Phi) is 3.38. The summed E-state index contributed by atoms with van der Waals surface area (Å²) < 4.78 is 15.6. The summed E-state index contributed by atoms with van der Waals surface area (Å²) in [6.07, 6.45) is 3.58. The van der Waals surface area contributed by atoms with Gasteiger partial charge in [0.05, 0.1) is 23.2 Å². The van der Waals surface area contributed by atoms with Crippen LogP contribution in [0.15, 0.2) is 61.1 Å². The van der Waals surface area contributed by atoms with Crippen molar-refractivity contribution >= 4 is 10.9 Å². The summed E-state index contributed by atoms with van der Waals surface area (Å²) in [6, 6.07) is 15.3. The quantitative estimate of drug-likeness (QED) is 0.534. The van der Waals surface area contributed by atoms with Crippen LogP contribution in [0.2, 0.25) is 0 Å². The standard InChI is InChI=1S/C20H16FN3/c1-13-10-15(5-7-17(13)21)19-20(24(2)12-23-19)16-6-8-18-14(11-16)4-3-9-22-18/h3-12H,1-2H3. The Morgan fingerprint density at radius 2 is 1.79 bits per heavy atom. The molecule has 3 nitrogen and oxygen atoms in total. The zero-order valence-electron chi connectivity index (χ0n) is 13.5. The third-order valence-electron chi connectivity index (χ3n) is 4.24. The number of benzene rings is 2. The minimum Gasteiger partial charge on any atom is -0.333 e. The molecule has 2 heterocycles. The van der Waals surface area contributed by atoms with Gasteiger partial charge in [-0.15, -0.1) is 0 Å². The Hall–Kier alpha value is -3.01. The highest BCUT2D eigenvalue weighted by atomic mass is 19.1. The maximum atomic E-state index is 13.6. The fourth-order valence-corrected chi connectivity index (χ4v) is 3.00. The van der Waals surface area contributed by atoms with E-state index in [1.54, 1.807) is 25.5 Å². The molecule has 0 atom stereocenters. The van der Waals surface area contributed by atoms with Crippen molar-refractivity contribution < 1.29 is 4.39 Å². The molecule has 0 radical (unpaired) electrons. The number of halogens is 1. The Labute approximate surface area is 139 Å². The molecule has 0 aliphatic heterocycles. The summed E-state index contributed by atoms with van der Waals surface area (Å²) >= 11 is 0. The Morgan fingerprint density at radius 1 is 0.958 bits per heavy atom. The summed E-state index contributed by atoms with van der Waals surface area (Å²) in [5, 5.41) is 1.08. The van der Waals surface area contributed by atoms with Crippen molar-refractivity contribution in [2.45, 2.75) is 6.92 Å². The van der Waals surface area contributed by atoms with E-state index in [0.717, 1.165) is 33.4 Å². The zero-order valence-corrected chi connectivity index (χ0v) is 13.5. The van der Waals surface area contributed by atoms with Gasteiger partial charge in [0.15, 0.2) is 0 Å². The van der Waals surface area contributed by atoms with Gasteiger partial charge in [0.2, 0.25) is 0 Å². The Balaban J connectivity index is 1.91. The predicted molar refractivity (Wildman–Crippen MR) is 94.1 cm³/mol. The van der Waals surface area contributed by atoms with E-state index >= 15 is 0 Å². The van der Waals surface area contributed by atoms with Crippen LogP contribution in [0.4, 0.5) is 4.39 Å². The number of hydrogen-bond donors (Lipinski definition) is 0. The molecule has 0 spiro atoms. The van der Waals surface area contributed by atoms with Gasteiger partial charge in [0.25, 0.3) is 0 Å². The molecule has 0 aliphatic rings. The second kappa shape index (κ2) is 5.57. The van der Waals surface area contributed by atoms with Crippen LogP contribution in [-0.2, 0) is 7.05 Å². The average molecular weight is 317 g/mol. The van der Waals surface area contributed by atoms with Crippen molar-refractivity contribution in [2.24, 2.45) is 7.05 Å². The highest BCUT2D eigenvalue weighted by Gasteiger charge is 2.14. The van der Waals surface area contributed by atoms with Gasteiger partial charge in [0.1, 0.15) is 5.82 Å². The first-order valence-corrected chi connectivity index (χ1v) is 7.76. The van der Waals surface area contributed by atoms with Crippen molar-refractivity contribution in [3.8, 4) is 22.5 Å². The highest BCUT2D eigenvalue weighted by molar-refractivity contribution is 5.87. The highest BCUT2D eigenvalue weighted by Crippen LogP contribution is 2.32. The number of fused-ring (bicyclic) bond motifs is 1. The normalized spacial score (nSPS) is 11.1. The van der Waals surface area contributed by atoms with Crippen LogP contribution in [0.5, 0.6) is 0 Å². The number of pyridine rings is 1. The number of hydrogen-bond acceptors (Lipinski definition) is 2. The first-order valence-electron chi connectivity index (χ1n) is 7.76. The minimum absolute atomic E-state index is 0.201. The van der Waals surface area contributed by atoms with E-state index in [0.29, 0.717) is 5.56 Å². The number of aryl methyl sites for hydroxylation is 2. The molecule has 4 aromatic rings. The summed E-state index contributed by atoms with van der Waals surface area (Å²) in [5.74, 6) is -0.201. The van der Waals surface area contributed by atoms with Gasteiger partial charge in [0, 0.05) is 29.8 Å². The first-order chi connectivity index (χ1) is 11.6. The summed E-state index contributed by atoms with van der Waals surface area (Å²) in [7, 11) is 1.97. The molecule has 2 aromatic carbocycles. The van der Waals surface area contributed by atoms with Crippen molar-refractivity contribution in [1.82, 2.24) is 14.5 Å². The van der Waals surface area contributed by atoms with Crippen LogP contribution < -0.4 is 0 Å². The van der Waals surface area contributed by atoms with E-state index in [1.165, 1.54) is 6.07 Å². The summed E-state index contributed by atoms with van der Waals surface area (Å²) in [6.45, 7) is 1.77. The molecule has 2 aromatic heterocycles. The van der Waals surface area contributed by atoms with E-state index in [-0.39, 0.29) is 5.82 Å². The molecular formula is C20H16FN3. The lowest BCUT2D eigenvalue weighted by atomic mass is 10.0. The molecule has 24 heavy (non-hydrogen) atoms. The van der Waals surface area contributed by atoms with Crippen molar-refractivity contribution in [2.75, 3.05) is 0 Å². The number of rotatable bonds is 2. The van der Waals surface area contributed by atoms with E-state index in [1.807, 2.05) is 41.9 Å². The number of imidazole rings is 1. The van der Waals surface area contributed by atoms with Gasteiger partial charge in [-0.1, -0.05) is 12.1 Å². The zero-order chi connectivity index (χ0) is 16.7. The van der Waals surface area contributed by atoms with Crippen LogP contribution in [0.1, 0.15) is 5.56 Å². The van der Waals surface area contributed by atoms with Gasteiger partial charge in [-0.3, -0.25) is 4.98 Å². The topological polar surface area (TPSA) is 30.7 Å². The third-order valence-corrected chi connectivity index (χ3v) is 4.24. The van der Waals surface area contributed by atoms with Gasteiger partial charge in [-0.2, -0.15) is 0 Å². The SMILES string of the molecule is Cc1cc(-c2ncn(C)c2-c2ccc3ncccc3c2)ccc1F. The van der Waals surface area contributed by atoms with E-state index in [9.17, 15) is 4.39 Å². The molecule has 0 N–H and O–H groups in total. The van der Waals surface area contributed by atoms with Gasteiger partial charge in [-0.25, -0.2) is 9.37 Å². The van der Waals surface area contributed by atoms with Crippen LogP contribution >= 0.6 is 0 Å². The minimum atomic E-state index is -0.201. The Bertz CT molecular complexity index is 1050. The summed E-state index contributed by atoms with van der Waals surface area (Å²) in [4.78, 5) is 8.90. The smallest absolute Gasteiger partial charge is 0.126 e. The van der Waals surface area contributed by atoms with Crippen LogP contribution in [0.3, 0.4) is 0 Å². The lowest BCUT2D eigenvalue weighted by Gasteiger charge is -2.09. The second-order valence-corrected chi connectivity index (χ2v) is 5.93. The largest absolute Gasteiger partial charge is 0.333 e. The molecule has 4 rings (SSSR count). The van der Waals surface area contributed by atoms with Crippen molar-refractivity contribution in [3.05, 3.63) is 72.4 Å². The molecule has 118 valence electrons. The molecule has 0 saturated heterocycles. The van der Waals surface area contributed by atoms with Crippen molar-refractivity contribution in [3.63, 3.8) is 0 Å². The van der Waals surface area contributed by atoms with Gasteiger partial charge in [-0.05, 0) is 48.9 Å². The number of aromatic nitrogens is 3. The van der Waals surface area contributed by atoms with Gasteiger partial charge >= 0.3 is 0 Å². The first kappa shape index (κ1) is 14.6. The fraction of sp³-hybridized carbons (Fsp3) is 0.100. The average Bonchev–Trinajstić information content (AvgIpc) is 2.98. The molecule has 0 bridgehead atoms. The van der Waals surface area contributed by atoms with E-state index in [2.05, 4.69) is 16.0 Å². The molecule has 0 fully saturated rings. The van der Waals surface area contributed by atoms with Gasteiger partial charge < -0.3 is 4.57 Å². The lowest BCUT2D eigenvalue weighted by molar-refractivity contribution is 0.619. The van der Waals surface area contributed by atoms with Crippen LogP contribution in [-0.4, -0.2) is 14.5 Å².